The summed E-state index contributed by atoms with van der Waals surface area (Å²) in [6.45, 7) is 1.79. The summed E-state index contributed by atoms with van der Waals surface area (Å²) in [5.41, 5.74) is 4.65. The molecule has 1 unspecified atom stereocenters. The first-order chi connectivity index (χ1) is 7.85. The summed E-state index contributed by atoms with van der Waals surface area (Å²) in [7, 11) is 3.46. The molecule has 1 rings (SSSR count). The first-order valence-electron chi connectivity index (χ1n) is 5.80. The van der Waals surface area contributed by atoms with Gasteiger partial charge in [-0.3, -0.25) is 9.59 Å². The highest BCUT2D eigenvalue weighted by Gasteiger charge is 2.40. The van der Waals surface area contributed by atoms with Gasteiger partial charge in [0, 0.05) is 33.6 Å². The molecule has 1 atom stereocenters. The predicted octanol–water partition coefficient (Wildman–Crippen LogP) is -0.657. The van der Waals surface area contributed by atoms with Gasteiger partial charge >= 0.3 is 5.97 Å². The van der Waals surface area contributed by atoms with Gasteiger partial charge in [-0.05, 0) is 19.4 Å². The van der Waals surface area contributed by atoms with Crippen LogP contribution in [0.4, 0.5) is 0 Å². The van der Waals surface area contributed by atoms with Crippen LogP contribution < -0.4 is 5.73 Å². The first kappa shape index (κ1) is 13.9. The predicted molar refractivity (Wildman–Crippen MR) is 63.5 cm³/mol. The summed E-state index contributed by atoms with van der Waals surface area (Å²) in [6, 6.07) is 0. The van der Waals surface area contributed by atoms with Gasteiger partial charge in [0.1, 0.15) is 5.54 Å². The van der Waals surface area contributed by atoms with Crippen LogP contribution in [0.25, 0.3) is 0 Å². The molecule has 17 heavy (non-hydrogen) atoms. The largest absolute Gasteiger partial charge is 0.480 e. The fraction of sp³-hybridized carbons (Fsp3) is 0.818. The minimum Gasteiger partial charge on any atom is -0.480 e. The van der Waals surface area contributed by atoms with Gasteiger partial charge in [-0.25, -0.2) is 0 Å². The third-order valence-electron chi connectivity index (χ3n) is 3.17. The molecule has 0 saturated carbocycles. The van der Waals surface area contributed by atoms with Crippen molar-refractivity contribution in [1.29, 1.82) is 0 Å². The quantitative estimate of drug-likeness (QED) is 0.669. The lowest BCUT2D eigenvalue weighted by Crippen LogP contribution is -2.50. The Morgan fingerprint density at radius 1 is 1.47 bits per heavy atom. The fourth-order valence-corrected chi connectivity index (χ4v) is 1.96. The van der Waals surface area contributed by atoms with Crippen LogP contribution in [0.3, 0.4) is 0 Å². The topological polar surface area (TPSA) is 86.9 Å². The number of carboxylic acids is 1. The zero-order valence-electron chi connectivity index (χ0n) is 10.5. The molecule has 1 fully saturated rings. The summed E-state index contributed by atoms with van der Waals surface area (Å²) in [4.78, 5) is 25.8. The Kier molecular flexibility index (Phi) is 4.47. The lowest BCUT2D eigenvalue weighted by atomic mass is 10.0. The van der Waals surface area contributed by atoms with E-state index in [4.69, 9.17) is 10.8 Å². The Morgan fingerprint density at radius 3 is 2.59 bits per heavy atom. The third-order valence-corrected chi connectivity index (χ3v) is 3.17. The number of nitrogens with zero attached hydrogens (tertiary/aromatic N) is 2. The number of rotatable bonds is 5. The van der Waals surface area contributed by atoms with E-state index in [1.54, 1.807) is 19.0 Å². The number of carbonyl (C=O) groups excluding carboxylic acids is 1. The monoisotopic (exact) mass is 243 g/mol. The Hall–Kier alpha value is -1.14. The molecule has 1 heterocycles. The van der Waals surface area contributed by atoms with E-state index in [9.17, 15) is 9.59 Å². The molecular formula is C11H21N3O3. The summed E-state index contributed by atoms with van der Waals surface area (Å²) < 4.78 is 0. The van der Waals surface area contributed by atoms with Crippen LogP contribution in [-0.4, -0.2) is 66.1 Å². The molecule has 0 spiro atoms. The van der Waals surface area contributed by atoms with Crippen molar-refractivity contribution in [3.63, 3.8) is 0 Å². The number of carboxylic acid groups (broad SMARTS) is 1. The molecule has 0 bridgehead atoms. The number of likely N-dealkylation sites (tertiary alicyclic amines) is 1. The van der Waals surface area contributed by atoms with Crippen LogP contribution in [0, 0.1) is 0 Å². The lowest BCUT2D eigenvalue weighted by Gasteiger charge is -2.20. The SMILES string of the molecule is CN(C)C(=O)CCCN1CCC(N)(C(=O)O)C1. The molecule has 6 nitrogen and oxygen atoms in total. The molecule has 0 aromatic rings. The van der Waals surface area contributed by atoms with Gasteiger partial charge in [-0.1, -0.05) is 0 Å². The Labute approximate surface area is 101 Å². The smallest absolute Gasteiger partial charge is 0.325 e. The molecule has 0 radical (unpaired) electrons. The summed E-state index contributed by atoms with van der Waals surface area (Å²) in [5.74, 6) is -0.842. The molecule has 0 aliphatic carbocycles. The average Bonchev–Trinajstić information content (AvgIpc) is 2.61. The van der Waals surface area contributed by atoms with Crippen LogP contribution >= 0.6 is 0 Å². The van der Waals surface area contributed by atoms with Crippen molar-refractivity contribution in [2.75, 3.05) is 33.7 Å². The standard InChI is InChI=1S/C11H21N3O3/c1-13(2)9(15)4-3-6-14-7-5-11(12,8-14)10(16)17/h3-8,12H2,1-2H3,(H,16,17). The number of hydrogen-bond acceptors (Lipinski definition) is 4. The van der Waals surface area contributed by atoms with Crippen molar-refractivity contribution < 1.29 is 14.7 Å². The van der Waals surface area contributed by atoms with E-state index in [2.05, 4.69) is 0 Å². The van der Waals surface area contributed by atoms with Gasteiger partial charge in [-0.2, -0.15) is 0 Å². The molecule has 6 heteroatoms. The van der Waals surface area contributed by atoms with Gasteiger partial charge in [0.25, 0.3) is 0 Å². The molecule has 1 aliphatic rings. The number of aliphatic carboxylic acids is 1. The Morgan fingerprint density at radius 2 is 2.12 bits per heavy atom. The van der Waals surface area contributed by atoms with Gasteiger partial charge < -0.3 is 20.6 Å². The van der Waals surface area contributed by atoms with Crippen molar-refractivity contribution in [3.8, 4) is 0 Å². The van der Waals surface area contributed by atoms with Crippen molar-refractivity contribution in [2.45, 2.75) is 24.8 Å². The van der Waals surface area contributed by atoms with E-state index in [-0.39, 0.29) is 5.91 Å². The summed E-state index contributed by atoms with van der Waals surface area (Å²) >= 11 is 0. The van der Waals surface area contributed by atoms with Gasteiger partial charge in [0.05, 0.1) is 0 Å². The van der Waals surface area contributed by atoms with Crippen molar-refractivity contribution >= 4 is 11.9 Å². The lowest BCUT2D eigenvalue weighted by molar-refractivity contribution is -0.142. The Bertz CT molecular complexity index is 306. The number of hydrogen-bond donors (Lipinski definition) is 2. The zero-order chi connectivity index (χ0) is 13.1. The van der Waals surface area contributed by atoms with Gasteiger partial charge in [0.15, 0.2) is 0 Å². The fourth-order valence-electron chi connectivity index (χ4n) is 1.96. The minimum absolute atomic E-state index is 0.0986. The molecule has 1 amide bonds. The van der Waals surface area contributed by atoms with E-state index in [1.165, 1.54) is 0 Å². The second-order valence-electron chi connectivity index (χ2n) is 4.88. The maximum Gasteiger partial charge on any atom is 0.325 e. The van der Waals surface area contributed by atoms with E-state index in [0.29, 0.717) is 25.9 Å². The van der Waals surface area contributed by atoms with E-state index in [1.807, 2.05) is 4.90 Å². The minimum atomic E-state index is -1.11. The highest BCUT2D eigenvalue weighted by atomic mass is 16.4. The zero-order valence-corrected chi connectivity index (χ0v) is 10.5. The second-order valence-corrected chi connectivity index (χ2v) is 4.88. The summed E-state index contributed by atoms with van der Waals surface area (Å²) in [6.07, 6.45) is 1.71. The summed E-state index contributed by atoms with van der Waals surface area (Å²) in [5, 5.41) is 8.96. The number of carbonyl (C=O) groups is 2. The van der Waals surface area contributed by atoms with Crippen LogP contribution in [0.2, 0.25) is 0 Å². The van der Waals surface area contributed by atoms with Crippen LogP contribution in [0.5, 0.6) is 0 Å². The highest BCUT2D eigenvalue weighted by Crippen LogP contribution is 2.19. The van der Waals surface area contributed by atoms with E-state index < -0.39 is 11.5 Å². The average molecular weight is 243 g/mol. The molecule has 98 valence electrons. The van der Waals surface area contributed by atoms with Crippen molar-refractivity contribution in [2.24, 2.45) is 5.73 Å². The van der Waals surface area contributed by atoms with Crippen molar-refractivity contribution in [3.05, 3.63) is 0 Å². The van der Waals surface area contributed by atoms with Crippen molar-refractivity contribution in [1.82, 2.24) is 9.80 Å². The van der Waals surface area contributed by atoms with E-state index in [0.717, 1.165) is 13.0 Å². The number of nitrogens with two attached hydrogens (primary N) is 1. The maximum atomic E-state index is 11.3. The molecule has 1 aliphatic heterocycles. The third kappa shape index (κ3) is 3.67. The van der Waals surface area contributed by atoms with Crippen LogP contribution in [0.15, 0.2) is 0 Å². The van der Waals surface area contributed by atoms with Gasteiger partial charge in [-0.15, -0.1) is 0 Å². The molecule has 0 aromatic heterocycles. The molecule has 0 aromatic carbocycles. The van der Waals surface area contributed by atoms with Gasteiger partial charge in [0.2, 0.25) is 5.91 Å². The first-order valence-corrected chi connectivity index (χ1v) is 5.80. The second kappa shape index (κ2) is 5.46. The molecule has 1 saturated heterocycles. The van der Waals surface area contributed by atoms with Crippen LogP contribution in [-0.2, 0) is 9.59 Å². The van der Waals surface area contributed by atoms with Crippen LogP contribution in [0.1, 0.15) is 19.3 Å². The normalized spacial score (nSPS) is 24.9. The molecule has 3 N–H and O–H groups in total. The van der Waals surface area contributed by atoms with E-state index >= 15 is 0 Å². The highest BCUT2D eigenvalue weighted by molar-refractivity contribution is 5.79. The maximum absolute atomic E-state index is 11.3. The molecular weight excluding hydrogens is 222 g/mol. The number of amides is 1. The Balaban J connectivity index is 2.27.